The fourth-order valence-electron chi connectivity index (χ4n) is 1.33. The van der Waals surface area contributed by atoms with E-state index in [0.29, 0.717) is 18.7 Å². The van der Waals surface area contributed by atoms with Crippen LogP contribution in [0.25, 0.3) is 0 Å². The first kappa shape index (κ1) is 14.9. The van der Waals surface area contributed by atoms with Crippen molar-refractivity contribution in [3.8, 4) is 0 Å². The lowest BCUT2D eigenvalue weighted by Gasteiger charge is -2.03. The zero-order chi connectivity index (χ0) is 11.1. The largest absolute Gasteiger partial charge is 0.462 e. The van der Waals surface area contributed by atoms with Crippen LogP contribution in [0, 0.1) is 0 Å². The first-order chi connectivity index (χ1) is 7.27. The number of rotatable bonds is 5. The van der Waals surface area contributed by atoms with Gasteiger partial charge in [0.25, 0.3) is 0 Å². The number of carbonyl (C=O) groups excluding carboxylic acids is 1. The summed E-state index contributed by atoms with van der Waals surface area (Å²) in [4.78, 5) is 11.3. The Kier molecular flexibility index (Phi) is 7.60. The second-order valence-corrected chi connectivity index (χ2v) is 3.31. The number of benzene rings is 1. The molecule has 0 bridgehead atoms. The quantitative estimate of drug-likeness (QED) is 0.807. The highest BCUT2D eigenvalue weighted by Gasteiger charge is 2.04. The molecule has 0 atom stereocenters. The van der Waals surface area contributed by atoms with Crippen LogP contribution in [-0.4, -0.2) is 19.1 Å². The van der Waals surface area contributed by atoms with Crippen LogP contribution in [0.4, 0.5) is 0 Å². The maximum Gasteiger partial charge on any atom is 0.338 e. The standard InChI is InChI=1S/C12H17NO2.ClH/c1-2-15-12(14)11-7-5-10(6-8-11)4-3-9-13;/h5-8H,2-4,9,13H2,1H3;1H. The van der Waals surface area contributed by atoms with Crippen LogP contribution < -0.4 is 5.73 Å². The number of halogens is 1. The van der Waals surface area contributed by atoms with Gasteiger partial charge in [-0.2, -0.15) is 0 Å². The van der Waals surface area contributed by atoms with E-state index in [4.69, 9.17) is 10.5 Å². The van der Waals surface area contributed by atoms with Crippen LogP contribution >= 0.6 is 12.4 Å². The lowest BCUT2D eigenvalue weighted by molar-refractivity contribution is 0.0526. The van der Waals surface area contributed by atoms with Crippen molar-refractivity contribution in [3.05, 3.63) is 35.4 Å². The van der Waals surface area contributed by atoms with Crippen LogP contribution in [0.15, 0.2) is 24.3 Å². The van der Waals surface area contributed by atoms with Gasteiger partial charge in [0.1, 0.15) is 0 Å². The Morgan fingerprint density at radius 2 is 1.94 bits per heavy atom. The molecule has 1 aromatic carbocycles. The molecule has 3 nitrogen and oxygen atoms in total. The van der Waals surface area contributed by atoms with Crippen LogP contribution in [-0.2, 0) is 11.2 Å². The summed E-state index contributed by atoms with van der Waals surface area (Å²) < 4.78 is 4.89. The van der Waals surface area contributed by atoms with E-state index in [9.17, 15) is 4.79 Å². The summed E-state index contributed by atoms with van der Waals surface area (Å²) in [5, 5.41) is 0. The van der Waals surface area contributed by atoms with Gasteiger partial charge < -0.3 is 10.5 Å². The lowest BCUT2D eigenvalue weighted by Crippen LogP contribution is -2.05. The Morgan fingerprint density at radius 1 is 1.31 bits per heavy atom. The maximum atomic E-state index is 11.3. The Morgan fingerprint density at radius 3 is 2.44 bits per heavy atom. The summed E-state index contributed by atoms with van der Waals surface area (Å²) in [5.74, 6) is -0.261. The van der Waals surface area contributed by atoms with Gasteiger partial charge in [0, 0.05) is 0 Å². The number of aryl methyl sites for hydroxylation is 1. The average Bonchev–Trinajstić information content (AvgIpc) is 2.27. The van der Waals surface area contributed by atoms with Gasteiger partial charge in [-0.3, -0.25) is 0 Å². The minimum atomic E-state index is -0.261. The molecule has 0 aliphatic rings. The fourth-order valence-corrected chi connectivity index (χ4v) is 1.33. The van der Waals surface area contributed by atoms with Crippen LogP contribution in [0.3, 0.4) is 0 Å². The highest BCUT2D eigenvalue weighted by molar-refractivity contribution is 5.89. The topological polar surface area (TPSA) is 52.3 Å². The van der Waals surface area contributed by atoms with Crippen molar-refractivity contribution < 1.29 is 9.53 Å². The second kappa shape index (κ2) is 8.13. The minimum Gasteiger partial charge on any atom is -0.462 e. The number of esters is 1. The molecule has 0 unspecified atom stereocenters. The molecule has 0 spiro atoms. The summed E-state index contributed by atoms with van der Waals surface area (Å²) >= 11 is 0. The Bertz CT molecular complexity index is 311. The van der Waals surface area contributed by atoms with E-state index in [-0.39, 0.29) is 18.4 Å². The van der Waals surface area contributed by atoms with E-state index in [1.807, 2.05) is 12.1 Å². The number of hydrogen-bond acceptors (Lipinski definition) is 3. The molecule has 0 fully saturated rings. The highest BCUT2D eigenvalue weighted by atomic mass is 35.5. The van der Waals surface area contributed by atoms with Crippen molar-refractivity contribution >= 4 is 18.4 Å². The van der Waals surface area contributed by atoms with Gasteiger partial charge in [-0.1, -0.05) is 12.1 Å². The van der Waals surface area contributed by atoms with E-state index in [2.05, 4.69) is 0 Å². The molecule has 0 saturated carbocycles. The molecule has 2 N–H and O–H groups in total. The molecule has 0 aliphatic carbocycles. The third kappa shape index (κ3) is 4.64. The van der Waals surface area contributed by atoms with Gasteiger partial charge in [0.2, 0.25) is 0 Å². The Hall–Kier alpha value is -1.06. The predicted octanol–water partition coefficient (Wildman–Crippen LogP) is 2.18. The monoisotopic (exact) mass is 243 g/mol. The SMILES string of the molecule is CCOC(=O)c1ccc(CCCN)cc1.Cl. The summed E-state index contributed by atoms with van der Waals surface area (Å²) in [6, 6.07) is 7.48. The molecule has 16 heavy (non-hydrogen) atoms. The highest BCUT2D eigenvalue weighted by Crippen LogP contribution is 2.07. The molecule has 1 rings (SSSR count). The van der Waals surface area contributed by atoms with Crippen LogP contribution in [0.1, 0.15) is 29.3 Å². The maximum absolute atomic E-state index is 11.3. The molecule has 0 aromatic heterocycles. The lowest BCUT2D eigenvalue weighted by atomic mass is 10.1. The first-order valence-corrected chi connectivity index (χ1v) is 5.24. The zero-order valence-electron chi connectivity index (χ0n) is 9.44. The molecular formula is C12H18ClNO2. The number of hydrogen-bond donors (Lipinski definition) is 1. The van der Waals surface area contributed by atoms with Crippen molar-refractivity contribution in [2.24, 2.45) is 5.73 Å². The normalized spacial score (nSPS) is 9.38. The van der Waals surface area contributed by atoms with Gasteiger partial charge in [0.15, 0.2) is 0 Å². The van der Waals surface area contributed by atoms with E-state index in [0.717, 1.165) is 12.8 Å². The predicted molar refractivity (Wildman–Crippen MR) is 67.0 cm³/mol. The summed E-state index contributed by atoms with van der Waals surface area (Å²) in [7, 11) is 0. The number of carbonyl (C=O) groups is 1. The van der Waals surface area contributed by atoms with Gasteiger partial charge in [-0.05, 0) is 44.0 Å². The molecule has 90 valence electrons. The van der Waals surface area contributed by atoms with E-state index in [1.165, 1.54) is 5.56 Å². The van der Waals surface area contributed by atoms with Crippen molar-refractivity contribution in [2.45, 2.75) is 19.8 Å². The first-order valence-electron chi connectivity index (χ1n) is 5.24. The molecule has 0 heterocycles. The van der Waals surface area contributed by atoms with E-state index >= 15 is 0 Å². The molecule has 4 heteroatoms. The average molecular weight is 244 g/mol. The molecule has 0 amide bonds. The molecule has 0 radical (unpaired) electrons. The summed E-state index contributed by atoms with van der Waals surface area (Å²) in [6.45, 7) is 2.90. The smallest absolute Gasteiger partial charge is 0.338 e. The van der Waals surface area contributed by atoms with E-state index < -0.39 is 0 Å². The van der Waals surface area contributed by atoms with Crippen molar-refractivity contribution in [3.63, 3.8) is 0 Å². The van der Waals surface area contributed by atoms with E-state index in [1.54, 1.807) is 19.1 Å². The third-order valence-corrected chi connectivity index (χ3v) is 2.13. The van der Waals surface area contributed by atoms with Gasteiger partial charge in [-0.25, -0.2) is 4.79 Å². The van der Waals surface area contributed by atoms with Crippen molar-refractivity contribution in [1.29, 1.82) is 0 Å². The second-order valence-electron chi connectivity index (χ2n) is 3.31. The Balaban J connectivity index is 0.00000225. The number of nitrogens with two attached hydrogens (primary N) is 1. The van der Waals surface area contributed by atoms with Crippen molar-refractivity contribution in [1.82, 2.24) is 0 Å². The van der Waals surface area contributed by atoms with Gasteiger partial charge in [-0.15, -0.1) is 12.4 Å². The van der Waals surface area contributed by atoms with Crippen molar-refractivity contribution in [2.75, 3.05) is 13.2 Å². The summed E-state index contributed by atoms with van der Waals surface area (Å²) in [6.07, 6.45) is 1.93. The molecule has 0 saturated heterocycles. The summed E-state index contributed by atoms with van der Waals surface area (Å²) in [5.41, 5.74) is 7.23. The fraction of sp³-hybridized carbons (Fsp3) is 0.417. The van der Waals surface area contributed by atoms with Crippen LogP contribution in [0.5, 0.6) is 0 Å². The number of ether oxygens (including phenoxy) is 1. The Labute approximate surface area is 102 Å². The van der Waals surface area contributed by atoms with Crippen LogP contribution in [0.2, 0.25) is 0 Å². The molecule has 1 aromatic rings. The molecular weight excluding hydrogens is 226 g/mol. The van der Waals surface area contributed by atoms with Gasteiger partial charge >= 0.3 is 5.97 Å². The van der Waals surface area contributed by atoms with Gasteiger partial charge in [0.05, 0.1) is 12.2 Å². The minimum absolute atomic E-state index is 0. The molecule has 0 aliphatic heterocycles. The third-order valence-electron chi connectivity index (χ3n) is 2.13. The zero-order valence-corrected chi connectivity index (χ0v) is 10.3.